The second kappa shape index (κ2) is 6.31. The lowest BCUT2D eigenvalue weighted by Gasteiger charge is -2.12. The number of nitrogens with one attached hydrogen (secondary N) is 1. The predicted molar refractivity (Wildman–Crippen MR) is 62.7 cm³/mol. The zero-order chi connectivity index (χ0) is 12.8. The third-order valence-electron chi connectivity index (χ3n) is 1.90. The number of rotatable bonds is 5. The third-order valence-corrected chi connectivity index (χ3v) is 2.37. The smallest absolute Gasteiger partial charge is 0.328 e. The maximum Gasteiger partial charge on any atom is 0.328 e. The van der Waals surface area contributed by atoms with E-state index >= 15 is 0 Å². The molecule has 92 valence electrons. The number of halogens is 1. The first-order valence-electron chi connectivity index (χ1n) is 4.68. The summed E-state index contributed by atoms with van der Waals surface area (Å²) in [5, 5.41) is 11.1. The van der Waals surface area contributed by atoms with Crippen molar-refractivity contribution in [2.45, 2.75) is 6.04 Å². The molecule has 6 nitrogen and oxygen atoms in total. The fourth-order valence-corrected chi connectivity index (χ4v) is 1.32. The average molecular weight is 303 g/mol. The summed E-state index contributed by atoms with van der Waals surface area (Å²) < 4.78 is 5.43. The van der Waals surface area contributed by atoms with Crippen LogP contribution in [0.15, 0.2) is 22.8 Å². The van der Waals surface area contributed by atoms with Crippen molar-refractivity contribution in [3.63, 3.8) is 0 Å². The van der Waals surface area contributed by atoms with Gasteiger partial charge in [-0.2, -0.15) is 0 Å². The lowest BCUT2D eigenvalue weighted by atomic mass is 10.3. The maximum atomic E-state index is 11.6. The van der Waals surface area contributed by atoms with Gasteiger partial charge in [-0.25, -0.2) is 9.78 Å². The molecule has 0 aliphatic carbocycles. The lowest BCUT2D eigenvalue weighted by Crippen LogP contribution is -2.44. The molecule has 0 bridgehead atoms. The second-order valence-electron chi connectivity index (χ2n) is 3.18. The molecular formula is C10H11BrN2O4. The van der Waals surface area contributed by atoms with E-state index in [0.29, 0.717) is 0 Å². The number of aromatic nitrogens is 1. The highest BCUT2D eigenvalue weighted by atomic mass is 79.9. The molecule has 0 radical (unpaired) electrons. The van der Waals surface area contributed by atoms with E-state index in [9.17, 15) is 9.59 Å². The molecule has 1 amide bonds. The zero-order valence-corrected chi connectivity index (χ0v) is 10.6. The van der Waals surface area contributed by atoms with Gasteiger partial charge in [-0.15, -0.1) is 0 Å². The Bertz CT molecular complexity index is 407. The molecule has 17 heavy (non-hydrogen) atoms. The Balaban J connectivity index is 2.70. The van der Waals surface area contributed by atoms with Crippen molar-refractivity contribution in [1.82, 2.24) is 10.3 Å². The molecule has 1 aromatic rings. The van der Waals surface area contributed by atoms with Gasteiger partial charge in [0.1, 0.15) is 5.69 Å². The number of hydrogen-bond donors (Lipinski definition) is 2. The van der Waals surface area contributed by atoms with Crippen molar-refractivity contribution in [2.24, 2.45) is 0 Å². The first-order valence-corrected chi connectivity index (χ1v) is 5.48. The molecule has 1 heterocycles. The minimum absolute atomic E-state index is 0.0996. The summed E-state index contributed by atoms with van der Waals surface area (Å²) in [6.45, 7) is -0.0996. The molecule has 7 heteroatoms. The number of carboxylic acid groups (broad SMARTS) is 1. The number of hydrogen-bond acceptors (Lipinski definition) is 4. The van der Waals surface area contributed by atoms with Gasteiger partial charge in [0.05, 0.1) is 6.61 Å². The largest absolute Gasteiger partial charge is 0.480 e. The highest BCUT2D eigenvalue weighted by Crippen LogP contribution is 2.07. The van der Waals surface area contributed by atoms with Gasteiger partial charge in [0.2, 0.25) is 0 Å². The van der Waals surface area contributed by atoms with Gasteiger partial charge < -0.3 is 15.2 Å². The second-order valence-corrected chi connectivity index (χ2v) is 4.10. The monoisotopic (exact) mass is 302 g/mol. The summed E-state index contributed by atoms with van der Waals surface area (Å²) in [4.78, 5) is 26.3. The summed E-state index contributed by atoms with van der Waals surface area (Å²) in [5.74, 6) is -1.71. The van der Waals surface area contributed by atoms with Crippen LogP contribution in [0.1, 0.15) is 10.5 Å². The van der Waals surface area contributed by atoms with Gasteiger partial charge >= 0.3 is 5.97 Å². The van der Waals surface area contributed by atoms with Crippen molar-refractivity contribution in [2.75, 3.05) is 13.7 Å². The van der Waals surface area contributed by atoms with Crippen LogP contribution in [0.5, 0.6) is 0 Å². The van der Waals surface area contributed by atoms with Crippen LogP contribution in [-0.2, 0) is 9.53 Å². The Kier molecular flexibility index (Phi) is 5.05. The van der Waals surface area contributed by atoms with Gasteiger partial charge in [-0.3, -0.25) is 4.79 Å². The molecule has 1 atom stereocenters. The Labute approximate surface area is 106 Å². The minimum Gasteiger partial charge on any atom is -0.480 e. The Morgan fingerprint density at radius 3 is 2.76 bits per heavy atom. The van der Waals surface area contributed by atoms with Crippen molar-refractivity contribution < 1.29 is 19.4 Å². The molecule has 0 aromatic carbocycles. The Morgan fingerprint density at radius 2 is 2.29 bits per heavy atom. The quantitative estimate of drug-likeness (QED) is 0.835. The Morgan fingerprint density at radius 1 is 1.59 bits per heavy atom. The normalized spacial score (nSPS) is 11.9. The number of pyridine rings is 1. The highest BCUT2D eigenvalue weighted by Gasteiger charge is 2.20. The highest BCUT2D eigenvalue weighted by molar-refractivity contribution is 9.10. The minimum atomic E-state index is -1.16. The van der Waals surface area contributed by atoms with Crippen LogP contribution in [0.4, 0.5) is 0 Å². The SMILES string of the molecule is COCC(NC(=O)c1ccc(Br)cn1)C(=O)O. The van der Waals surface area contributed by atoms with E-state index in [1.54, 1.807) is 6.07 Å². The van der Waals surface area contributed by atoms with Gasteiger partial charge in [0, 0.05) is 17.8 Å². The topological polar surface area (TPSA) is 88.5 Å². The molecule has 0 aliphatic heterocycles. The van der Waals surface area contributed by atoms with Gasteiger partial charge in [0.25, 0.3) is 5.91 Å². The fourth-order valence-electron chi connectivity index (χ4n) is 1.08. The van der Waals surface area contributed by atoms with Crippen LogP contribution in [0.2, 0.25) is 0 Å². The molecule has 0 saturated heterocycles. The summed E-state index contributed by atoms with van der Waals surface area (Å²) in [6.07, 6.45) is 1.46. The summed E-state index contributed by atoms with van der Waals surface area (Å²) in [5.41, 5.74) is 0.149. The molecule has 2 N–H and O–H groups in total. The number of ether oxygens (including phenoxy) is 1. The first kappa shape index (κ1) is 13.6. The lowest BCUT2D eigenvalue weighted by molar-refractivity contribution is -0.140. The first-order chi connectivity index (χ1) is 8.04. The Hall–Kier alpha value is -1.47. The average Bonchev–Trinajstić information content (AvgIpc) is 2.29. The summed E-state index contributed by atoms with van der Waals surface area (Å²) in [6, 6.07) is 2.05. The van der Waals surface area contributed by atoms with Crippen LogP contribution in [-0.4, -0.2) is 41.7 Å². The standard InChI is InChI=1S/C10H11BrN2O4/c1-17-5-8(10(15)16)13-9(14)7-3-2-6(11)4-12-7/h2-4,8H,5H2,1H3,(H,13,14)(H,15,16). The molecular weight excluding hydrogens is 292 g/mol. The van der Waals surface area contributed by atoms with Crippen molar-refractivity contribution in [3.05, 3.63) is 28.5 Å². The van der Waals surface area contributed by atoms with E-state index in [4.69, 9.17) is 9.84 Å². The number of carbonyl (C=O) groups is 2. The van der Waals surface area contributed by atoms with E-state index in [1.807, 2.05) is 0 Å². The van der Waals surface area contributed by atoms with Crippen LogP contribution in [0.3, 0.4) is 0 Å². The number of carbonyl (C=O) groups excluding carboxylic acids is 1. The van der Waals surface area contributed by atoms with E-state index in [2.05, 4.69) is 26.2 Å². The van der Waals surface area contributed by atoms with E-state index in [0.717, 1.165) is 4.47 Å². The van der Waals surface area contributed by atoms with Crippen LogP contribution in [0, 0.1) is 0 Å². The molecule has 0 spiro atoms. The number of amides is 1. The fraction of sp³-hybridized carbons (Fsp3) is 0.300. The number of carboxylic acids is 1. The van der Waals surface area contributed by atoms with Crippen molar-refractivity contribution in [3.8, 4) is 0 Å². The van der Waals surface area contributed by atoms with Crippen molar-refractivity contribution >= 4 is 27.8 Å². The van der Waals surface area contributed by atoms with E-state index in [-0.39, 0.29) is 12.3 Å². The van der Waals surface area contributed by atoms with Gasteiger partial charge in [-0.05, 0) is 28.1 Å². The molecule has 1 rings (SSSR count). The predicted octanol–water partition coefficient (Wildman–Crippen LogP) is 0.673. The van der Waals surface area contributed by atoms with Crippen LogP contribution in [0.25, 0.3) is 0 Å². The third kappa shape index (κ3) is 4.12. The molecule has 0 fully saturated rings. The zero-order valence-electron chi connectivity index (χ0n) is 9.01. The van der Waals surface area contributed by atoms with E-state index in [1.165, 1.54) is 19.4 Å². The molecule has 0 saturated carbocycles. The molecule has 1 aromatic heterocycles. The van der Waals surface area contributed by atoms with E-state index < -0.39 is 17.9 Å². The van der Waals surface area contributed by atoms with Crippen LogP contribution >= 0.6 is 15.9 Å². The summed E-state index contributed by atoms with van der Waals surface area (Å²) >= 11 is 3.19. The van der Waals surface area contributed by atoms with Crippen molar-refractivity contribution in [1.29, 1.82) is 0 Å². The van der Waals surface area contributed by atoms with Gasteiger partial charge in [0.15, 0.2) is 6.04 Å². The molecule has 1 unspecified atom stereocenters. The summed E-state index contributed by atoms with van der Waals surface area (Å²) in [7, 11) is 1.36. The number of aliphatic carboxylic acids is 1. The maximum absolute atomic E-state index is 11.6. The van der Waals surface area contributed by atoms with Gasteiger partial charge in [-0.1, -0.05) is 0 Å². The number of methoxy groups -OCH3 is 1. The molecule has 0 aliphatic rings. The van der Waals surface area contributed by atoms with Crippen LogP contribution < -0.4 is 5.32 Å². The number of nitrogens with zero attached hydrogens (tertiary/aromatic N) is 1.